The molecule has 27 heavy (non-hydrogen) atoms. The molecule has 150 valence electrons. The second-order valence-corrected chi connectivity index (χ2v) is 8.14. The van der Waals surface area contributed by atoms with Gasteiger partial charge in [0, 0.05) is 64.6 Å². The number of anilines is 2. The minimum Gasteiger partial charge on any atom is -0.393 e. The van der Waals surface area contributed by atoms with Crippen LogP contribution in [0.2, 0.25) is 0 Å². The van der Waals surface area contributed by atoms with Crippen molar-refractivity contribution in [2.24, 2.45) is 0 Å². The first-order valence-corrected chi connectivity index (χ1v) is 10.2. The summed E-state index contributed by atoms with van der Waals surface area (Å²) >= 11 is 0. The number of aliphatic hydroxyl groups excluding tert-OH is 2. The van der Waals surface area contributed by atoms with Gasteiger partial charge >= 0.3 is 0 Å². The normalized spacial score (nSPS) is 29.3. The molecular formula is C19H32N6O2. The van der Waals surface area contributed by atoms with Crippen LogP contribution < -0.4 is 9.80 Å². The number of hydrogen-bond acceptors (Lipinski definition) is 8. The standard InChI is InChI=1S/C19H32N6O2/c1-22-10-12-23(13-11-22)16-5-9-25(14-17(16)27)19-20-6-2-18(21-19)24-7-3-15(26)4-8-24/h2,6,15-17,26-27H,3-5,7-14H2,1H3/t16-,17-/m1/s1. The molecule has 0 amide bonds. The Hall–Kier alpha value is -1.48. The number of piperazine rings is 1. The van der Waals surface area contributed by atoms with E-state index in [1.54, 1.807) is 0 Å². The van der Waals surface area contributed by atoms with Crippen molar-refractivity contribution in [3.63, 3.8) is 0 Å². The molecule has 8 heteroatoms. The summed E-state index contributed by atoms with van der Waals surface area (Å²) in [6.45, 7) is 7.31. The molecule has 0 bridgehead atoms. The van der Waals surface area contributed by atoms with E-state index in [1.807, 2.05) is 12.3 Å². The van der Waals surface area contributed by atoms with Crippen molar-refractivity contribution >= 4 is 11.8 Å². The molecule has 3 aliphatic rings. The number of piperidine rings is 2. The van der Waals surface area contributed by atoms with Crippen LogP contribution in [0.15, 0.2) is 12.3 Å². The topological polar surface area (TPSA) is 79.2 Å². The Kier molecular flexibility index (Phi) is 5.77. The molecule has 3 saturated heterocycles. The van der Waals surface area contributed by atoms with Gasteiger partial charge in [-0.2, -0.15) is 4.98 Å². The first-order chi connectivity index (χ1) is 13.1. The lowest BCUT2D eigenvalue weighted by Crippen LogP contribution is -2.58. The predicted octanol–water partition coefficient (Wildman–Crippen LogP) is -0.375. The second-order valence-electron chi connectivity index (χ2n) is 8.14. The lowest BCUT2D eigenvalue weighted by atomic mass is 9.99. The van der Waals surface area contributed by atoms with Gasteiger partial charge in [0.2, 0.25) is 5.95 Å². The molecule has 3 fully saturated rings. The van der Waals surface area contributed by atoms with E-state index in [1.165, 1.54) is 0 Å². The van der Waals surface area contributed by atoms with Gasteiger partial charge in [0.25, 0.3) is 0 Å². The molecule has 4 rings (SSSR count). The molecule has 1 aromatic rings. The average molecular weight is 377 g/mol. The van der Waals surface area contributed by atoms with Crippen LogP contribution in [-0.2, 0) is 0 Å². The highest BCUT2D eigenvalue weighted by Gasteiger charge is 2.34. The maximum absolute atomic E-state index is 10.8. The SMILES string of the molecule is CN1CCN([C@@H]2CCN(c3nccc(N4CCC(O)CC4)n3)C[C@H]2O)CC1. The quantitative estimate of drug-likeness (QED) is 0.740. The molecule has 3 aliphatic heterocycles. The number of nitrogens with zero attached hydrogens (tertiary/aromatic N) is 6. The van der Waals surface area contributed by atoms with Gasteiger partial charge in [-0.15, -0.1) is 0 Å². The van der Waals surface area contributed by atoms with Crippen molar-refractivity contribution in [2.45, 2.75) is 37.5 Å². The van der Waals surface area contributed by atoms with Crippen molar-refractivity contribution in [3.05, 3.63) is 12.3 Å². The zero-order valence-corrected chi connectivity index (χ0v) is 16.2. The zero-order valence-electron chi connectivity index (χ0n) is 16.2. The van der Waals surface area contributed by atoms with Gasteiger partial charge in [0.15, 0.2) is 0 Å². The smallest absolute Gasteiger partial charge is 0.227 e. The summed E-state index contributed by atoms with van der Waals surface area (Å²) in [6, 6.07) is 2.18. The number of β-amino-alcohol motifs (C(OH)–C–C–N with tert-alkyl or cyclic N) is 1. The van der Waals surface area contributed by atoms with E-state index in [9.17, 15) is 10.2 Å². The maximum Gasteiger partial charge on any atom is 0.227 e. The van der Waals surface area contributed by atoms with Crippen LogP contribution in [0.25, 0.3) is 0 Å². The fraction of sp³-hybridized carbons (Fsp3) is 0.789. The van der Waals surface area contributed by atoms with Crippen molar-refractivity contribution in [1.29, 1.82) is 0 Å². The molecule has 1 aromatic heterocycles. The highest BCUT2D eigenvalue weighted by molar-refractivity contribution is 5.44. The molecule has 2 N–H and O–H groups in total. The van der Waals surface area contributed by atoms with E-state index in [4.69, 9.17) is 4.98 Å². The van der Waals surface area contributed by atoms with Crippen molar-refractivity contribution in [2.75, 3.05) is 69.2 Å². The molecule has 2 atom stereocenters. The zero-order chi connectivity index (χ0) is 18.8. The summed E-state index contributed by atoms with van der Waals surface area (Å²) in [4.78, 5) is 18.3. The van der Waals surface area contributed by atoms with Gasteiger partial charge in [0.05, 0.1) is 12.2 Å². The van der Waals surface area contributed by atoms with Crippen molar-refractivity contribution in [3.8, 4) is 0 Å². The van der Waals surface area contributed by atoms with Crippen LogP contribution in [0.4, 0.5) is 11.8 Å². The Morgan fingerprint density at radius 1 is 0.926 bits per heavy atom. The Morgan fingerprint density at radius 2 is 1.63 bits per heavy atom. The van der Waals surface area contributed by atoms with E-state index in [-0.39, 0.29) is 18.2 Å². The second kappa shape index (κ2) is 8.26. The van der Waals surface area contributed by atoms with Crippen LogP contribution in [0, 0.1) is 0 Å². The molecule has 0 aromatic carbocycles. The van der Waals surface area contributed by atoms with Gasteiger partial charge in [-0.1, -0.05) is 0 Å². The Labute approximate surface area is 161 Å². The molecular weight excluding hydrogens is 344 g/mol. The Balaban J connectivity index is 1.38. The fourth-order valence-electron chi connectivity index (χ4n) is 4.44. The summed E-state index contributed by atoms with van der Waals surface area (Å²) < 4.78 is 0. The van der Waals surface area contributed by atoms with Crippen LogP contribution >= 0.6 is 0 Å². The molecule has 8 nitrogen and oxygen atoms in total. The van der Waals surface area contributed by atoms with Crippen LogP contribution in [0.3, 0.4) is 0 Å². The summed E-state index contributed by atoms with van der Waals surface area (Å²) in [7, 11) is 2.16. The highest BCUT2D eigenvalue weighted by atomic mass is 16.3. The number of rotatable bonds is 3. The Bertz CT molecular complexity index is 616. The largest absolute Gasteiger partial charge is 0.393 e. The molecule has 0 spiro atoms. The number of aliphatic hydroxyl groups is 2. The minimum atomic E-state index is -0.375. The van der Waals surface area contributed by atoms with E-state index in [0.29, 0.717) is 12.5 Å². The molecule has 0 aliphatic carbocycles. The van der Waals surface area contributed by atoms with Gasteiger partial charge in [-0.05, 0) is 32.4 Å². The van der Waals surface area contributed by atoms with E-state index >= 15 is 0 Å². The molecule has 0 radical (unpaired) electrons. The van der Waals surface area contributed by atoms with Crippen LogP contribution in [0.5, 0.6) is 0 Å². The monoisotopic (exact) mass is 376 g/mol. The highest BCUT2D eigenvalue weighted by Crippen LogP contribution is 2.24. The summed E-state index contributed by atoms with van der Waals surface area (Å²) in [6.07, 6.45) is 3.75. The molecule has 0 saturated carbocycles. The third-order valence-electron chi connectivity index (χ3n) is 6.25. The lowest BCUT2D eigenvalue weighted by Gasteiger charge is -2.44. The van der Waals surface area contributed by atoms with Gasteiger partial charge in [-0.3, -0.25) is 4.90 Å². The van der Waals surface area contributed by atoms with Crippen LogP contribution in [0.1, 0.15) is 19.3 Å². The average Bonchev–Trinajstić information content (AvgIpc) is 2.69. The fourth-order valence-corrected chi connectivity index (χ4v) is 4.44. The molecule has 4 heterocycles. The summed E-state index contributed by atoms with van der Waals surface area (Å²) in [5, 5.41) is 20.5. The third kappa shape index (κ3) is 4.34. The third-order valence-corrected chi connectivity index (χ3v) is 6.25. The number of hydrogen-bond donors (Lipinski definition) is 2. The van der Waals surface area contributed by atoms with E-state index in [2.05, 4.69) is 31.6 Å². The number of likely N-dealkylation sites (N-methyl/N-ethyl adjacent to an activating group) is 1. The van der Waals surface area contributed by atoms with Gasteiger partial charge < -0.3 is 24.9 Å². The van der Waals surface area contributed by atoms with E-state index < -0.39 is 0 Å². The van der Waals surface area contributed by atoms with Crippen LogP contribution in [-0.4, -0.2) is 108 Å². The molecule has 0 unspecified atom stereocenters. The minimum absolute atomic E-state index is 0.189. The maximum atomic E-state index is 10.8. The van der Waals surface area contributed by atoms with Gasteiger partial charge in [-0.25, -0.2) is 4.98 Å². The summed E-state index contributed by atoms with van der Waals surface area (Å²) in [5.74, 6) is 1.62. The Morgan fingerprint density at radius 3 is 2.33 bits per heavy atom. The van der Waals surface area contributed by atoms with Crippen molar-refractivity contribution in [1.82, 2.24) is 19.8 Å². The number of aromatic nitrogens is 2. The first kappa shape index (κ1) is 18.9. The van der Waals surface area contributed by atoms with E-state index in [0.717, 1.165) is 70.9 Å². The lowest BCUT2D eigenvalue weighted by molar-refractivity contribution is 0.0137. The summed E-state index contributed by atoms with van der Waals surface area (Å²) in [5.41, 5.74) is 0. The van der Waals surface area contributed by atoms with Gasteiger partial charge in [0.1, 0.15) is 5.82 Å². The predicted molar refractivity (Wildman–Crippen MR) is 105 cm³/mol. The van der Waals surface area contributed by atoms with Crippen molar-refractivity contribution < 1.29 is 10.2 Å². The first-order valence-electron chi connectivity index (χ1n) is 10.2.